The molecule has 2 atom stereocenters. The fourth-order valence-electron chi connectivity index (χ4n) is 1.99. The van der Waals surface area contributed by atoms with E-state index in [9.17, 15) is 19.5 Å². The molecular weight excluding hydrogens is 288 g/mol. The highest BCUT2D eigenvalue weighted by molar-refractivity contribution is 6.03. The number of aliphatic hydroxyl groups excluding tert-OH is 1. The number of nitrogens with zero attached hydrogens (tertiary/aromatic N) is 1. The highest BCUT2D eigenvalue weighted by Crippen LogP contribution is 2.28. The van der Waals surface area contributed by atoms with Crippen molar-refractivity contribution in [2.24, 2.45) is 17.1 Å². The van der Waals surface area contributed by atoms with Crippen molar-refractivity contribution in [2.45, 2.75) is 53.6 Å². The maximum Gasteiger partial charge on any atom is 0.338 e. The van der Waals surface area contributed by atoms with Gasteiger partial charge in [0.1, 0.15) is 0 Å². The van der Waals surface area contributed by atoms with Gasteiger partial charge in [-0.1, -0.05) is 5.57 Å². The number of hydrogen-bond donors (Lipinski definition) is 2. The van der Waals surface area contributed by atoms with Gasteiger partial charge in [0, 0.05) is 12.1 Å². The van der Waals surface area contributed by atoms with E-state index < -0.39 is 35.2 Å². The molecule has 0 aromatic heterocycles. The van der Waals surface area contributed by atoms with Crippen molar-refractivity contribution in [2.75, 3.05) is 0 Å². The fraction of sp³-hybridized carbons (Fsp3) is 0.667. The summed E-state index contributed by atoms with van der Waals surface area (Å²) in [6.45, 7) is 8.12. The lowest BCUT2D eigenvalue weighted by Gasteiger charge is -2.20. The van der Waals surface area contributed by atoms with Crippen molar-refractivity contribution in [1.82, 2.24) is 5.06 Å². The second-order valence-corrected chi connectivity index (χ2v) is 6.67. The third kappa shape index (κ3) is 4.07. The molecule has 3 N–H and O–H groups in total. The molecule has 1 aliphatic heterocycles. The van der Waals surface area contributed by atoms with Crippen LogP contribution in [0.1, 0.15) is 47.5 Å². The van der Waals surface area contributed by atoms with Crippen LogP contribution in [0.15, 0.2) is 11.3 Å². The summed E-state index contributed by atoms with van der Waals surface area (Å²) in [6.07, 6.45) is -0.618. The van der Waals surface area contributed by atoms with Crippen molar-refractivity contribution >= 4 is 17.8 Å². The van der Waals surface area contributed by atoms with Crippen LogP contribution >= 0.6 is 0 Å². The molecule has 22 heavy (non-hydrogen) atoms. The van der Waals surface area contributed by atoms with Gasteiger partial charge >= 0.3 is 5.97 Å². The Balaban J connectivity index is 2.81. The Morgan fingerprint density at radius 3 is 2.45 bits per heavy atom. The van der Waals surface area contributed by atoms with Crippen molar-refractivity contribution in [1.29, 1.82) is 0 Å². The third-order valence-corrected chi connectivity index (χ3v) is 3.48. The van der Waals surface area contributed by atoms with Crippen LogP contribution in [-0.4, -0.2) is 34.1 Å². The number of amides is 2. The minimum atomic E-state index is -0.818. The summed E-state index contributed by atoms with van der Waals surface area (Å²) in [5.74, 6) is -2.38. The topological polar surface area (TPSA) is 110 Å². The molecule has 0 aromatic carbocycles. The zero-order valence-corrected chi connectivity index (χ0v) is 13.7. The summed E-state index contributed by atoms with van der Waals surface area (Å²) in [5, 5.41) is 9.97. The molecule has 1 rings (SSSR count). The van der Waals surface area contributed by atoms with Crippen LogP contribution in [0.5, 0.6) is 0 Å². The number of hydroxylamine groups is 2. The number of nitrogens with two attached hydrogens (primary N) is 1. The number of imide groups is 1. The predicted molar refractivity (Wildman–Crippen MR) is 78.7 cm³/mol. The minimum absolute atomic E-state index is 0.0410. The van der Waals surface area contributed by atoms with Crippen LogP contribution in [0.4, 0.5) is 0 Å². The Morgan fingerprint density at radius 1 is 1.45 bits per heavy atom. The summed E-state index contributed by atoms with van der Waals surface area (Å²) < 4.78 is 0. The highest BCUT2D eigenvalue weighted by Gasteiger charge is 2.43. The SMILES string of the molecule is C/C(CC1CC(=O)N(OC(=O)C(C)(C)C)C1=O)=C(\N)C(C)O. The van der Waals surface area contributed by atoms with Crippen LogP contribution in [0, 0.1) is 11.3 Å². The van der Waals surface area contributed by atoms with Crippen molar-refractivity contribution in [3.05, 3.63) is 11.3 Å². The molecule has 1 heterocycles. The van der Waals surface area contributed by atoms with Crippen LogP contribution < -0.4 is 5.73 Å². The normalized spacial score (nSPS) is 21.7. The average Bonchev–Trinajstić information content (AvgIpc) is 2.64. The number of hydrogen-bond acceptors (Lipinski definition) is 6. The molecule has 2 unspecified atom stereocenters. The summed E-state index contributed by atoms with van der Waals surface area (Å²) >= 11 is 0. The summed E-state index contributed by atoms with van der Waals surface area (Å²) in [4.78, 5) is 40.8. The molecule has 0 bridgehead atoms. The number of carbonyl (C=O) groups excluding carboxylic acids is 3. The van der Waals surface area contributed by atoms with Gasteiger partial charge in [-0.3, -0.25) is 9.59 Å². The first-order valence-electron chi connectivity index (χ1n) is 7.17. The van der Waals surface area contributed by atoms with E-state index in [1.807, 2.05) is 0 Å². The first kappa shape index (κ1) is 18.2. The molecule has 1 aliphatic rings. The number of rotatable bonds is 4. The summed E-state index contributed by atoms with van der Waals surface area (Å²) in [5.41, 5.74) is 5.84. The molecule has 0 saturated carbocycles. The molecule has 0 aromatic rings. The van der Waals surface area contributed by atoms with Gasteiger partial charge in [-0.25, -0.2) is 4.79 Å². The van der Waals surface area contributed by atoms with E-state index >= 15 is 0 Å². The maximum absolute atomic E-state index is 12.2. The Kier molecular flexibility index (Phi) is 5.35. The van der Waals surface area contributed by atoms with Crippen molar-refractivity contribution in [3.63, 3.8) is 0 Å². The van der Waals surface area contributed by atoms with Gasteiger partial charge in [-0.05, 0) is 41.0 Å². The van der Waals surface area contributed by atoms with Gasteiger partial charge in [0.15, 0.2) is 0 Å². The molecule has 0 radical (unpaired) electrons. The van der Waals surface area contributed by atoms with Gasteiger partial charge in [0.25, 0.3) is 11.8 Å². The van der Waals surface area contributed by atoms with Gasteiger partial charge in [0.2, 0.25) is 0 Å². The number of aliphatic hydroxyl groups is 1. The monoisotopic (exact) mass is 312 g/mol. The Bertz CT molecular complexity index is 517. The lowest BCUT2D eigenvalue weighted by molar-refractivity contribution is -0.204. The van der Waals surface area contributed by atoms with E-state index in [0.29, 0.717) is 10.6 Å². The molecule has 1 saturated heterocycles. The number of allylic oxidation sites excluding steroid dienone is 1. The average molecular weight is 312 g/mol. The Hall–Kier alpha value is -1.89. The maximum atomic E-state index is 12.2. The third-order valence-electron chi connectivity index (χ3n) is 3.48. The van der Waals surface area contributed by atoms with Crippen LogP contribution in [0.2, 0.25) is 0 Å². The Labute approximate surface area is 130 Å². The van der Waals surface area contributed by atoms with Crippen molar-refractivity contribution < 1.29 is 24.3 Å². The van der Waals surface area contributed by atoms with E-state index in [2.05, 4.69) is 0 Å². The summed E-state index contributed by atoms with van der Waals surface area (Å²) in [7, 11) is 0. The molecule has 1 fully saturated rings. The van der Waals surface area contributed by atoms with Crippen LogP contribution in [-0.2, 0) is 19.2 Å². The van der Waals surface area contributed by atoms with Gasteiger partial charge in [-0.2, -0.15) is 0 Å². The molecular formula is C15H24N2O5. The molecule has 124 valence electrons. The van der Waals surface area contributed by atoms with Crippen LogP contribution in [0.3, 0.4) is 0 Å². The fourth-order valence-corrected chi connectivity index (χ4v) is 1.99. The predicted octanol–water partition coefficient (Wildman–Crippen LogP) is 0.869. The first-order valence-corrected chi connectivity index (χ1v) is 7.17. The lowest BCUT2D eigenvalue weighted by atomic mass is 9.96. The molecule has 0 spiro atoms. The van der Waals surface area contributed by atoms with E-state index in [1.165, 1.54) is 6.92 Å². The second-order valence-electron chi connectivity index (χ2n) is 6.67. The van der Waals surface area contributed by atoms with Crippen LogP contribution in [0.25, 0.3) is 0 Å². The largest absolute Gasteiger partial charge is 0.400 e. The van der Waals surface area contributed by atoms with E-state index in [-0.39, 0.29) is 18.5 Å². The van der Waals surface area contributed by atoms with Gasteiger partial charge in [-0.15, -0.1) is 5.06 Å². The smallest absolute Gasteiger partial charge is 0.338 e. The molecule has 7 nitrogen and oxygen atoms in total. The summed E-state index contributed by atoms with van der Waals surface area (Å²) in [6, 6.07) is 0. The Morgan fingerprint density at radius 2 is 2.00 bits per heavy atom. The van der Waals surface area contributed by atoms with Gasteiger partial charge < -0.3 is 15.7 Å². The molecule has 2 amide bonds. The number of carbonyl (C=O) groups is 3. The van der Waals surface area contributed by atoms with Crippen molar-refractivity contribution in [3.8, 4) is 0 Å². The molecule has 0 aliphatic carbocycles. The standard InChI is InChI=1S/C15H24N2O5/c1-8(12(16)9(2)18)6-10-7-11(19)17(13(10)20)22-14(21)15(3,4)5/h9-10,18H,6-7,16H2,1-5H3/b12-8+. The zero-order chi connectivity index (χ0) is 17.2. The first-order chi connectivity index (χ1) is 9.95. The quantitative estimate of drug-likeness (QED) is 0.745. The van der Waals surface area contributed by atoms with E-state index in [4.69, 9.17) is 10.6 Å². The van der Waals surface area contributed by atoms with Gasteiger partial charge in [0.05, 0.1) is 17.4 Å². The minimum Gasteiger partial charge on any atom is -0.400 e. The van der Waals surface area contributed by atoms with E-state index in [1.54, 1.807) is 27.7 Å². The lowest BCUT2D eigenvalue weighted by Crippen LogP contribution is -2.37. The highest BCUT2D eigenvalue weighted by atomic mass is 16.7. The second kappa shape index (κ2) is 6.48. The van der Waals surface area contributed by atoms with E-state index in [0.717, 1.165) is 0 Å². The molecule has 7 heteroatoms. The zero-order valence-electron chi connectivity index (χ0n) is 13.7.